The fourth-order valence-electron chi connectivity index (χ4n) is 4.05. The number of nitrogens with one attached hydrogen (secondary N) is 1. The van der Waals surface area contributed by atoms with Gasteiger partial charge in [-0.15, -0.1) is 0 Å². The van der Waals surface area contributed by atoms with Crippen LogP contribution >= 0.6 is 0 Å². The van der Waals surface area contributed by atoms with Crippen LogP contribution in [0.15, 0.2) is 55.5 Å². The van der Waals surface area contributed by atoms with Gasteiger partial charge in [-0.25, -0.2) is 4.98 Å². The molecule has 5 heterocycles. The second kappa shape index (κ2) is 8.80. The summed E-state index contributed by atoms with van der Waals surface area (Å²) in [6, 6.07) is 3.92. The van der Waals surface area contributed by atoms with Gasteiger partial charge in [0.2, 0.25) is 5.91 Å². The van der Waals surface area contributed by atoms with Gasteiger partial charge in [0.25, 0.3) is 0 Å². The molecule has 9 nitrogen and oxygen atoms in total. The van der Waals surface area contributed by atoms with Crippen LogP contribution in [0.2, 0.25) is 0 Å². The minimum Gasteiger partial charge on any atom is -0.310 e. The summed E-state index contributed by atoms with van der Waals surface area (Å²) in [5.74, 6) is 0.549. The van der Waals surface area contributed by atoms with Crippen LogP contribution in [0.1, 0.15) is 18.5 Å². The van der Waals surface area contributed by atoms with E-state index in [0.717, 1.165) is 60.2 Å². The van der Waals surface area contributed by atoms with E-state index < -0.39 is 0 Å². The highest BCUT2D eigenvalue weighted by Gasteiger charge is 2.25. The van der Waals surface area contributed by atoms with Crippen LogP contribution in [0.25, 0.3) is 22.0 Å². The number of pyridine rings is 2. The minimum atomic E-state index is -0.0227. The number of carbonyl (C=O) groups is 1. The molecular formula is C23H24N8O. The Kier molecular flexibility index (Phi) is 5.55. The first-order chi connectivity index (χ1) is 15.6. The Labute approximate surface area is 185 Å². The van der Waals surface area contributed by atoms with Gasteiger partial charge in [0.1, 0.15) is 5.82 Å². The fraction of sp³-hybridized carbons (Fsp3) is 0.304. The Hall–Kier alpha value is -3.72. The molecule has 0 spiro atoms. The third kappa shape index (κ3) is 4.47. The van der Waals surface area contributed by atoms with Crippen LogP contribution in [0, 0.1) is 5.92 Å². The van der Waals surface area contributed by atoms with Gasteiger partial charge >= 0.3 is 0 Å². The molecule has 5 rings (SSSR count). The molecule has 0 aliphatic carbocycles. The summed E-state index contributed by atoms with van der Waals surface area (Å²) in [7, 11) is 1.88. The number of nitrogens with zero attached hydrogens (tertiary/aromatic N) is 7. The number of aryl methyl sites for hydroxylation is 1. The largest absolute Gasteiger partial charge is 0.310 e. The molecule has 9 heteroatoms. The van der Waals surface area contributed by atoms with Gasteiger partial charge in [-0.3, -0.25) is 29.3 Å². The molecular weight excluding hydrogens is 404 g/mol. The lowest BCUT2D eigenvalue weighted by Gasteiger charge is -2.30. The molecule has 0 bridgehead atoms. The van der Waals surface area contributed by atoms with Crippen molar-refractivity contribution in [2.75, 3.05) is 18.4 Å². The van der Waals surface area contributed by atoms with E-state index in [1.54, 1.807) is 29.5 Å². The van der Waals surface area contributed by atoms with Crippen molar-refractivity contribution >= 4 is 22.6 Å². The Morgan fingerprint density at radius 2 is 1.91 bits per heavy atom. The van der Waals surface area contributed by atoms with Crippen LogP contribution < -0.4 is 5.32 Å². The Morgan fingerprint density at radius 3 is 2.66 bits per heavy atom. The number of hydrogen-bond donors (Lipinski definition) is 1. The smallest absolute Gasteiger partial charge is 0.228 e. The van der Waals surface area contributed by atoms with Crippen LogP contribution in [0.4, 0.5) is 5.82 Å². The lowest BCUT2D eigenvalue weighted by Crippen LogP contribution is -2.38. The van der Waals surface area contributed by atoms with Gasteiger partial charge in [-0.1, -0.05) is 0 Å². The monoisotopic (exact) mass is 428 g/mol. The summed E-state index contributed by atoms with van der Waals surface area (Å²) >= 11 is 0. The van der Waals surface area contributed by atoms with E-state index in [9.17, 15) is 4.79 Å². The SMILES string of the molecule is Cn1cc(-c2cnc3cnc(NC(=O)C4CCN(Cc5cnccn5)CC4)cc3c2)cn1. The topological polar surface area (TPSA) is 102 Å². The number of likely N-dealkylation sites (tertiary alicyclic amines) is 1. The molecule has 1 saturated heterocycles. The molecule has 0 radical (unpaired) electrons. The molecule has 0 aromatic carbocycles. The van der Waals surface area contributed by atoms with Gasteiger partial charge in [-0.05, 0) is 38.1 Å². The van der Waals surface area contributed by atoms with Crippen molar-refractivity contribution in [1.29, 1.82) is 0 Å². The summed E-state index contributed by atoms with van der Waals surface area (Å²) in [6.45, 7) is 2.48. The zero-order valence-electron chi connectivity index (χ0n) is 17.8. The average Bonchev–Trinajstić information content (AvgIpc) is 3.26. The third-order valence-corrected chi connectivity index (χ3v) is 5.82. The van der Waals surface area contributed by atoms with Crippen molar-refractivity contribution in [2.24, 2.45) is 13.0 Å². The molecule has 1 N–H and O–H groups in total. The predicted octanol–water partition coefficient (Wildman–Crippen LogP) is 2.67. The molecule has 32 heavy (non-hydrogen) atoms. The quantitative estimate of drug-likeness (QED) is 0.521. The predicted molar refractivity (Wildman–Crippen MR) is 120 cm³/mol. The minimum absolute atomic E-state index is 0.0207. The van der Waals surface area contributed by atoms with Crippen molar-refractivity contribution in [3.05, 3.63) is 61.2 Å². The third-order valence-electron chi connectivity index (χ3n) is 5.82. The van der Waals surface area contributed by atoms with Crippen LogP contribution in [0.3, 0.4) is 0 Å². The highest BCUT2D eigenvalue weighted by atomic mass is 16.1. The van der Waals surface area contributed by atoms with Gasteiger partial charge < -0.3 is 5.32 Å². The van der Waals surface area contributed by atoms with Crippen molar-refractivity contribution in [2.45, 2.75) is 19.4 Å². The zero-order valence-corrected chi connectivity index (χ0v) is 17.8. The summed E-state index contributed by atoms with van der Waals surface area (Å²) < 4.78 is 1.76. The Morgan fingerprint density at radius 1 is 1.03 bits per heavy atom. The van der Waals surface area contributed by atoms with E-state index in [4.69, 9.17) is 0 Å². The molecule has 0 unspecified atom stereocenters. The zero-order chi connectivity index (χ0) is 21.9. The molecule has 0 saturated carbocycles. The molecule has 0 atom stereocenters. The number of hydrogen-bond acceptors (Lipinski definition) is 7. The van der Waals surface area contributed by atoms with Gasteiger partial charge in [-0.2, -0.15) is 5.10 Å². The number of piperidine rings is 1. The number of anilines is 1. The van der Waals surface area contributed by atoms with Crippen molar-refractivity contribution in [3.8, 4) is 11.1 Å². The molecule has 1 aliphatic heterocycles. The summed E-state index contributed by atoms with van der Waals surface area (Å²) in [5.41, 5.74) is 3.71. The van der Waals surface area contributed by atoms with E-state index >= 15 is 0 Å². The lowest BCUT2D eigenvalue weighted by molar-refractivity contribution is -0.121. The van der Waals surface area contributed by atoms with Gasteiger partial charge in [0.15, 0.2) is 0 Å². The maximum atomic E-state index is 12.8. The van der Waals surface area contributed by atoms with Crippen LogP contribution in [0.5, 0.6) is 0 Å². The molecule has 1 aliphatic rings. The second-order valence-corrected chi connectivity index (χ2v) is 8.13. The number of rotatable bonds is 5. The van der Waals surface area contributed by atoms with E-state index in [1.807, 2.05) is 37.8 Å². The van der Waals surface area contributed by atoms with E-state index in [1.165, 1.54) is 0 Å². The summed E-state index contributed by atoms with van der Waals surface area (Å²) in [5, 5.41) is 8.14. The van der Waals surface area contributed by atoms with E-state index in [2.05, 4.69) is 35.3 Å². The molecule has 1 fully saturated rings. The van der Waals surface area contributed by atoms with Crippen LogP contribution in [-0.2, 0) is 18.4 Å². The van der Waals surface area contributed by atoms with Crippen molar-refractivity contribution in [3.63, 3.8) is 0 Å². The number of carbonyl (C=O) groups excluding carboxylic acids is 1. The van der Waals surface area contributed by atoms with E-state index in [0.29, 0.717) is 5.82 Å². The average molecular weight is 429 g/mol. The summed E-state index contributed by atoms with van der Waals surface area (Å²) in [4.78, 5) is 32.5. The number of fused-ring (bicyclic) bond motifs is 1. The molecule has 1 amide bonds. The molecule has 4 aromatic rings. The molecule has 162 valence electrons. The first kappa shape index (κ1) is 20.2. The normalized spacial score (nSPS) is 15.2. The summed E-state index contributed by atoms with van der Waals surface area (Å²) in [6.07, 6.45) is 14.1. The Balaban J connectivity index is 1.22. The maximum Gasteiger partial charge on any atom is 0.228 e. The van der Waals surface area contributed by atoms with Gasteiger partial charge in [0.05, 0.1) is 23.6 Å². The fourth-order valence-corrected chi connectivity index (χ4v) is 4.05. The second-order valence-electron chi connectivity index (χ2n) is 8.13. The van der Waals surface area contributed by atoms with Crippen molar-refractivity contribution in [1.82, 2.24) is 34.6 Å². The van der Waals surface area contributed by atoms with E-state index in [-0.39, 0.29) is 11.8 Å². The number of aromatic nitrogens is 6. The lowest BCUT2D eigenvalue weighted by atomic mass is 9.96. The first-order valence-electron chi connectivity index (χ1n) is 10.7. The number of amides is 1. The highest BCUT2D eigenvalue weighted by Crippen LogP contribution is 2.24. The highest BCUT2D eigenvalue weighted by molar-refractivity contribution is 5.94. The molecule has 4 aromatic heterocycles. The van der Waals surface area contributed by atoms with Crippen LogP contribution in [-0.4, -0.2) is 53.6 Å². The standard InChI is InChI=1S/C23H24N8O/c1-30-14-19(11-28-30)18-8-17-9-22(27-13-21(17)26-10-18)29-23(32)16-2-6-31(7-3-16)15-20-12-24-4-5-25-20/h4-5,8-14,16H,2-3,6-7,15H2,1H3,(H,27,29,32). The van der Waals surface area contributed by atoms with Crippen molar-refractivity contribution < 1.29 is 4.79 Å². The first-order valence-corrected chi connectivity index (χ1v) is 10.7. The van der Waals surface area contributed by atoms with Gasteiger partial charge in [0, 0.05) is 67.0 Å². The maximum absolute atomic E-state index is 12.8. The Bertz CT molecular complexity index is 1230.